The Bertz CT molecular complexity index is 1500. The van der Waals surface area contributed by atoms with Gasteiger partial charge in [-0.1, -0.05) is 338 Å². The van der Waals surface area contributed by atoms with Gasteiger partial charge in [0.1, 0.15) is 13.2 Å². The van der Waals surface area contributed by atoms with Crippen molar-refractivity contribution in [2.75, 3.05) is 13.2 Å². The maximum absolute atomic E-state index is 13.0. The van der Waals surface area contributed by atoms with Gasteiger partial charge in [0.15, 0.2) is 6.10 Å². The van der Waals surface area contributed by atoms with Gasteiger partial charge in [-0.15, -0.1) is 0 Å². The molecule has 0 aliphatic rings. The molecule has 0 bridgehead atoms. The zero-order valence-electron chi connectivity index (χ0n) is 54.8. The summed E-state index contributed by atoms with van der Waals surface area (Å²) in [5.74, 6) is -0.858. The zero-order chi connectivity index (χ0) is 59.2. The summed E-state index contributed by atoms with van der Waals surface area (Å²) in [5.41, 5.74) is 0. The van der Waals surface area contributed by atoms with Crippen molar-refractivity contribution in [3.63, 3.8) is 0 Å². The van der Waals surface area contributed by atoms with E-state index < -0.39 is 6.10 Å². The molecule has 0 saturated carbocycles. The van der Waals surface area contributed by atoms with E-state index in [-0.39, 0.29) is 31.1 Å². The van der Waals surface area contributed by atoms with Crippen LogP contribution < -0.4 is 0 Å². The Kier molecular flexibility index (Phi) is 67.6. The Balaban J connectivity index is 4.27. The number of hydrogen-bond donors (Lipinski definition) is 0. The summed E-state index contributed by atoms with van der Waals surface area (Å²) >= 11 is 0. The van der Waals surface area contributed by atoms with Crippen molar-refractivity contribution in [3.05, 3.63) is 72.9 Å². The second-order valence-corrected chi connectivity index (χ2v) is 24.1. The van der Waals surface area contributed by atoms with Gasteiger partial charge in [-0.05, 0) is 89.9 Å². The van der Waals surface area contributed by atoms with Crippen molar-refractivity contribution in [3.8, 4) is 0 Å². The molecule has 82 heavy (non-hydrogen) atoms. The van der Waals surface area contributed by atoms with E-state index in [9.17, 15) is 14.4 Å². The Hall–Kier alpha value is -3.15. The molecule has 6 nitrogen and oxygen atoms in total. The van der Waals surface area contributed by atoms with Crippen molar-refractivity contribution in [1.29, 1.82) is 0 Å². The topological polar surface area (TPSA) is 78.9 Å². The van der Waals surface area contributed by atoms with Crippen LogP contribution >= 0.6 is 0 Å². The van der Waals surface area contributed by atoms with Crippen molar-refractivity contribution < 1.29 is 28.6 Å². The minimum atomic E-state index is -0.778. The van der Waals surface area contributed by atoms with E-state index in [1.807, 2.05) is 0 Å². The highest BCUT2D eigenvalue weighted by molar-refractivity contribution is 5.71. The van der Waals surface area contributed by atoms with Crippen LogP contribution in [0.25, 0.3) is 0 Å². The van der Waals surface area contributed by atoms with E-state index in [4.69, 9.17) is 14.2 Å². The predicted octanol–water partition coefficient (Wildman–Crippen LogP) is 24.8. The molecule has 0 aromatic heterocycles. The quantitative estimate of drug-likeness (QED) is 0.0261. The summed E-state index contributed by atoms with van der Waals surface area (Å²) < 4.78 is 17.0. The molecule has 0 fully saturated rings. The minimum absolute atomic E-state index is 0.0738. The summed E-state index contributed by atoms with van der Waals surface area (Å²) in [7, 11) is 0. The molecule has 0 amide bonds. The lowest BCUT2D eigenvalue weighted by molar-refractivity contribution is -0.167. The minimum Gasteiger partial charge on any atom is -0.462 e. The molecular formula is C76H136O6. The largest absolute Gasteiger partial charge is 0.462 e. The fraction of sp³-hybridized carbons (Fsp3) is 0.803. The van der Waals surface area contributed by atoms with Crippen LogP contribution in [0.15, 0.2) is 72.9 Å². The van der Waals surface area contributed by atoms with Crippen LogP contribution in [0.2, 0.25) is 0 Å². The average Bonchev–Trinajstić information content (AvgIpc) is 3.47. The Morgan fingerprint density at radius 3 is 0.756 bits per heavy atom. The molecular weight excluding hydrogens is 1010 g/mol. The second-order valence-electron chi connectivity index (χ2n) is 24.1. The highest BCUT2D eigenvalue weighted by Gasteiger charge is 2.19. The normalized spacial score (nSPS) is 12.5. The second kappa shape index (κ2) is 70.3. The number of esters is 3. The lowest BCUT2D eigenvalue weighted by Crippen LogP contribution is -2.30. The van der Waals surface area contributed by atoms with Crippen LogP contribution in [0.1, 0.15) is 374 Å². The third-order valence-electron chi connectivity index (χ3n) is 15.9. The predicted molar refractivity (Wildman–Crippen MR) is 358 cm³/mol. The molecule has 0 aliphatic carbocycles. The van der Waals surface area contributed by atoms with Gasteiger partial charge in [0.05, 0.1) is 0 Å². The van der Waals surface area contributed by atoms with Crippen molar-refractivity contribution >= 4 is 17.9 Å². The van der Waals surface area contributed by atoms with Crippen LogP contribution in [-0.2, 0) is 28.6 Å². The third kappa shape index (κ3) is 67.6. The van der Waals surface area contributed by atoms with Crippen LogP contribution in [0.5, 0.6) is 0 Å². The first kappa shape index (κ1) is 78.8. The maximum atomic E-state index is 13.0. The van der Waals surface area contributed by atoms with Crippen LogP contribution in [0, 0.1) is 0 Å². The molecule has 476 valence electrons. The van der Waals surface area contributed by atoms with Gasteiger partial charge in [-0.3, -0.25) is 14.4 Å². The molecule has 0 heterocycles. The first-order valence-electron chi connectivity index (χ1n) is 35.9. The number of ether oxygens (including phenoxy) is 3. The smallest absolute Gasteiger partial charge is 0.306 e. The highest BCUT2D eigenvalue weighted by Crippen LogP contribution is 2.18. The fourth-order valence-corrected chi connectivity index (χ4v) is 10.6. The van der Waals surface area contributed by atoms with Crippen molar-refractivity contribution in [2.45, 2.75) is 380 Å². The molecule has 0 spiro atoms. The number of carbonyl (C=O) groups excluding carboxylic acids is 3. The summed E-state index contributed by atoms with van der Waals surface area (Å²) in [5, 5.41) is 0. The number of allylic oxidation sites excluding steroid dienone is 12. The lowest BCUT2D eigenvalue weighted by Gasteiger charge is -2.18. The third-order valence-corrected chi connectivity index (χ3v) is 15.9. The number of hydrogen-bond acceptors (Lipinski definition) is 6. The molecule has 1 atom stereocenters. The van der Waals surface area contributed by atoms with Gasteiger partial charge >= 0.3 is 17.9 Å². The van der Waals surface area contributed by atoms with E-state index in [1.165, 1.54) is 238 Å². The van der Waals surface area contributed by atoms with Gasteiger partial charge in [-0.2, -0.15) is 0 Å². The lowest BCUT2D eigenvalue weighted by atomic mass is 10.0. The SMILES string of the molecule is CC/C=C\C/C=C\C/C=C\C/C=C\C/C=C\CCCCCCCCCCCCCCCC(=O)OCC(COC(=O)CCCCCCC/C=C\CCCCCCCCC)OC(=O)CCCCCCCCCCCCCCCCCCCCC. The molecule has 0 rings (SSSR count). The molecule has 1 unspecified atom stereocenters. The van der Waals surface area contributed by atoms with Crippen molar-refractivity contribution in [2.24, 2.45) is 0 Å². The van der Waals surface area contributed by atoms with E-state index in [0.29, 0.717) is 19.3 Å². The first-order chi connectivity index (χ1) is 40.5. The van der Waals surface area contributed by atoms with E-state index in [2.05, 4.69) is 93.7 Å². The standard InChI is InChI=1S/C76H136O6/c1-4-7-10-13-16-19-22-25-28-31-33-34-35-36-37-38-39-40-41-42-44-45-48-51-54-57-60-63-66-69-75(78)81-72-73(71-80-74(77)68-65-62-59-56-53-50-47-30-27-24-21-18-15-12-9-6-3)82-76(79)70-67-64-61-58-55-52-49-46-43-32-29-26-23-20-17-14-11-8-5-2/h7,10,16,19,25,28,30,33-34,36-37,47,73H,4-6,8-9,11-15,17-18,20-24,26-27,29,31-32,35,38-46,48-72H2,1-3H3/b10-7-,19-16-,28-25-,34-33-,37-36-,47-30-. The zero-order valence-corrected chi connectivity index (χ0v) is 54.8. The summed E-state index contributed by atoms with van der Waals surface area (Å²) in [6.07, 6.45) is 92.1. The summed E-state index contributed by atoms with van der Waals surface area (Å²) in [6, 6.07) is 0. The maximum Gasteiger partial charge on any atom is 0.306 e. The number of unbranched alkanes of at least 4 members (excludes halogenated alkanes) is 43. The summed E-state index contributed by atoms with van der Waals surface area (Å²) in [4.78, 5) is 38.5. The number of carbonyl (C=O) groups is 3. The molecule has 0 saturated heterocycles. The van der Waals surface area contributed by atoms with Gasteiger partial charge < -0.3 is 14.2 Å². The highest BCUT2D eigenvalue weighted by atomic mass is 16.6. The molecule has 0 aromatic carbocycles. The monoisotopic (exact) mass is 1150 g/mol. The van der Waals surface area contributed by atoms with Crippen LogP contribution in [0.3, 0.4) is 0 Å². The van der Waals surface area contributed by atoms with Crippen molar-refractivity contribution in [1.82, 2.24) is 0 Å². The van der Waals surface area contributed by atoms with E-state index >= 15 is 0 Å². The summed E-state index contributed by atoms with van der Waals surface area (Å²) in [6.45, 7) is 6.58. The van der Waals surface area contributed by atoms with Crippen LogP contribution in [-0.4, -0.2) is 37.2 Å². The first-order valence-corrected chi connectivity index (χ1v) is 35.9. The number of rotatable bonds is 66. The van der Waals surface area contributed by atoms with E-state index in [1.54, 1.807) is 0 Å². The van der Waals surface area contributed by atoms with Gasteiger partial charge in [-0.25, -0.2) is 0 Å². The Morgan fingerprint density at radius 2 is 0.476 bits per heavy atom. The fourth-order valence-electron chi connectivity index (χ4n) is 10.6. The molecule has 0 N–H and O–H groups in total. The average molecular weight is 1150 g/mol. The van der Waals surface area contributed by atoms with Gasteiger partial charge in [0.25, 0.3) is 0 Å². The molecule has 0 radical (unpaired) electrons. The Labute approximate surface area is 510 Å². The molecule has 0 aliphatic heterocycles. The molecule has 6 heteroatoms. The van der Waals surface area contributed by atoms with Gasteiger partial charge in [0, 0.05) is 19.3 Å². The Morgan fingerprint density at radius 1 is 0.256 bits per heavy atom. The van der Waals surface area contributed by atoms with Crippen LogP contribution in [0.4, 0.5) is 0 Å². The molecule has 0 aromatic rings. The van der Waals surface area contributed by atoms with Gasteiger partial charge in [0.2, 0.25) is 0 Å². The van der Waals surface area contributed by atoms with E-state index in [0.717, 1.165) is 96.3 Å².